The Labute approximate surface area is 191 Å². The van der Waals surface area contributed by atoms with Crippen LogP contribution in [0.1, 0.15) is 24.1 Å². The van der Waals surface area contributed by atoms with Gasteiger partial charge in [0.2, 0.25) is 5.91 Å². The number of nitrogens with zero attached hydrogens (tertiary/aromatic N) is 8. The lowest BCUT2D eigenvalue weighted by Crippen LogP contribution is -2.44. The van der Waals surface area contributed by atoms with Crippen LogP contribution in [0, 0.1) is 5.92 Å². The molecule has 33 heavy (non-hydrogen) atoms. The molecule has 4 aromatic rings. The fourth-order valence-electron chi connectivity index (χ4n) is 4.73. The Hall–Kier alpha value is -3.88. The molecule has 0 aliphatic carbocycles. The highest BCUT2D eigenvalue weighted by molar-refractivity contribution is 5.79. The van der Waals surface area contributed by atoms with Crippen molar-refractivity contribution in [1.82, 2.24) is 34.7 Å². The van der Waals surface area contributed by atoms with Crippen molar-refractivity contribution in [2.24, 2.45) is 5.92 Å². The molecule has 0 radical (unpaired) electrons. The molecule has 2 aliphatic rings. The van der Waals surface area contributed by atoms with E-state index >= 15 is 0 Å². The van der Waals surface area contributed by atoms with Gasteiger partial charge in [-0.25, -0.2) is 9.97 Å². The number of rotatable bonds is 3. The monoisotopic (exact) mass is 440 g/mol. The van der Waals surface area contributed by atoms with Gasteiger partial charge in [0.15, 0.2) is 11.5 Å². The molecule has 2 aliphatic heterocycles. The number of anilines is 1. The number of fused-ring (bicyclic) bond motifs is 2. The number of benzene rings is 1. The van der Waals surface area contributed by atoms with Gasteiger partial charge >= 0.3 is 0 Å². The van der Waals surface area contributed by atoms with E-state index in [1.807, 2.05) is 53.6 Å². The zero-order valence-electron chi connectivity index (χ0n) is 18.2. The normalized spacial score (nSPS) is 16.7. The summed E-state index contributed by atoms with van der Waals surface area (Å²) in [5, 5.41) is 12.5. The van der Waals surface area contributed by atoms with E-state index < -0.39 is 0 Å². The van der Waals surface area contributed by atoms with Crippen molar-refractivity contribution in [1.29, 1.82) is 0 Å². The number of aromatic nitrogens is 6. The second-order valence-corrected chi connectivity index (χ2v) is 8.63. The molecule has 0 saturated carbocycles. The SMILES string of the molecule is O=C(C1CCN(c2ccc3nncn3n2)CC1)N1CCc2nc(-c3ccccc3)ncc2C1. The third-order valence-electron chi connectivity index (χ3n) is 6.59. The van der Waals surface area contributed by atoms with Gasteiger partial charge in [-0.05, 0) is 25.0 Å². The van der Waals surface area contributed by atoms with E-state index in [0.29, 0.717) is 13.1 Å². The molecule has 0 atom stereocenters. The predicted molar refractivity (Wildman–Crippen MR) is 122 cm³/mol. The average Bonchev–Trinajstić information content (AvgIpc) is 3.36. The Kier molecular flexibility index (Phi) is 4.93. The number of carbonyl (C=O) groups is 1. The van der Waals surface area contributed by atoms with E-state index in [1.165, 1.54) is 0 Å². The lowest BCUT2D eigenvalue weighted by atomic mass is 9.94. The van der Waals surface area contributed by atoms with Gasteiger partial charge in [0.25, 0.3) is 0 Å². The highest BCUT2D eigenvalue weighted by Crippen LogP contribution is 2.27. The molecule has 0 bridgehead atoms. The van der Waals surface area contributed by atoms with Crippen molar-refractivity contribution >= 4 is 17.4 Å². The predicted octanol–water partition coefficient (Wildman–Crippen LogP) is 2.38. The molecule has 0 spiro atoms. The topological polar surface area (TPSA) is 92.4 Å². The Bertz CT molecular complexity index is 1300. The minimum Gasteiger partial charge on any atom is -0.355 e. The Morgan fingerprint density at radius 2 is 1.85 bits per heavy atom. The minimum atomic E-state index is 0.0472. The van der Waals surface area contributed by atoms with Crippen molar-refractivity contribution < 1.29 is 4.79 Å². The van der Waals surface area contributed by atoms with E-state index in [-0.39, 0.29) is 11.8 Å². The molecule has 1 amide bonds. The molecular formula is C24H24N8O. The zero-order chi connectivity index (χ0) is 22.2. The molecule has 1 aromatic carbocycles. The van der Waals surface area contributed by atoms with Crippen LogP contribution < -0.4 is 4.90 Å². The maximum absolute atomic E-state index is 13.3. The number of piperidine rings is 1. The van der Waals surface area contributed by atoms with Crippen LogP contribution in [0.25, 0.3) is 17.0 Å². The first-order valence-corrected chi connectivity index (χ1v) is 11.4. The molecule has 3 aromatic heterocycles. The largest absolute Gasteiger partial charge is 0.355 e. The lowest BCUT2D eigenvalue weighted by Gasteiger charge is -2.36. The summed E-state index contributed by atoms with van der Waals surface area (Å²) in [6, 6.07) is 13.9. The second kappa shape index (κ2) is 8.23. The first-order chi connectivity index (χ1) is 16.2. The molecule has 9 heteroatoms. The maximum Gasteiger partial charge on any atom is 0.226 e. The van der Waals surface area contributed by atoms with Gasteiger partial charge in [-0.2, -0.15) is 4.52 Å². The smallest absolute Gasteiger partial charge is 0.226 e. The van der Waals surface area contributed by atoms with Gasteiger partial charge in [-0.1, -0.05) is 30.3 Å². The summed E-state index contributed by atoms with van der Waals surface area (Å²) in [5.41, 5.74) is 3.86. The average molecular weight is 441 g/mol. The fraction of sp³-hybridized carbons (Fsp3) is 0.333. The first-order valence-electron chi connectivity index (χ1n) is 11.4. The Balaban J connectivity index is 1.10. The van der Waals surface area contributed by atoms with E-state index in [1.54, 1.807) is 10.8 Å². The molecule has 0 N–H and O–H groups in total. The van der Waals surface area contributed by atoms with Crippen LogP contribution in [-0.4, -0.2) is 60.2 Å². The summed E-state index contributed by atoms with van der Waals surface area (Å²) in [6.45, 7) is 2.93. The van der Waals surface area contributed by atoms with Crippen molar-refractivity contribution in [3.8, 4) is 11.4 Å². The summed E-state index contributed by atoms with van der Waals surface area (Å²) in [7, 11) is 0. The number of hydrogen-bond acceptors (Lipinski definition) is 7. The zero-order valence-corrected chi connectivity index (χ0v) is 18.2. The summed E-state index contributed by atoms with van der Waals surface area (Å²) in [6.07, 6.45) is 5.92. The van der Waals surface area contributed by atoms with E-state index in [4.69, 9.17) is 4.98 Å². The number of hydrogen-bond donors (Lipinski definition) is 0. The third-order valence-corrected chi connectivity index (χ3v) is 6.59. The van der Waals surface area contributed by atoms with Gasteiger partial charge in [0.05, 0.1) is 5.69 Å². The van der Waals surface area contributed by atoms with E-state index in [2.05, 4.69) is 25.2 Å². The first kappa shape index (κ1) is 19.8. The van der Waals surface area contributed by atoms with Crippen LogP contribution >= 0.6 is 0 Å². The van der Waals surface area contributed by atoms with Crippen molar-refractivity contribution in [3.63, 3.8) is 0 Å². The van der Waals surface area contributed by atoms with Gasteiger partial charge in [-0.15, -0.1) is 15.3 Å². The summed E-state index contributed by atoms with van der Waals surface area (Å²) < 4.78 is 1.68. The van der Waals surface area contributed by atoms with Crippen molar-refractivity contribution in [2.75, 3.05) is 24.5 Å². The Morgan fingerprint density at radius 3 is 2.70 bits per heavy atom. The molecule has 9 nitrogen and oxygen atoms in total. The van der Waals surface area contributed by atoms with Crippen molar-refractivity contribution in [3.05, 3.63) is 66.2 Å². The van der Waals surface area contributed by atoms with E-state index in [9.17, 15) is 4.79 Å². The van der Waals surface area contributed by atoms with Crippen LogP contribution in [0.4, 0.5) is 5.82 Å². The third kappa shape index (κ3) is 3.79. The van der Waals surface area contributed by atoms with Crippen LogP contribution in [-0.2, 0) is 17.8 Å². The van der Waals surface area contributed by atoms with Crippen LogP contribution in [0.15, 0.2) is 55.0 Å². The lowest BCUT2D eigenvalue weighted by molar-refractivity contribution is -0.137. The van der Waals surface area contributed by atoms with Gasteiger partial charge in [0.1, 0.15) is 12.1 Å². The highest BCUT2D eigenvalue weighted by Gasteiger charge is 2.31. The molecule has 5 heterocycles. The van der Waals surface area contributed by atoms with Crippen LogP contribution in [0.2, 0.25) is 0 Å². The van der Waals surface area contributed by atoms with Gasteiger partial charge in [0, 0.05) is 55.8 Å². The summed E-state index contributed by atoms with van der Waals surface area (Å²) >= 11 is 0. The van der Waals surface area contributed by atoms with E-state index in [0.717, 1.165) is 66.5 Å². The van der Waals surface area contributed by atoms with Gasteiger partial charge < -0.3 is 9.80 Å². The quantitative estimate of drug-likeness (QED) is 0.483. The maximum atomic E-state index is 13.3. The van der Waals surface area contributed by atoms with Crippen molar-refractivity contribution in [2.45, 2.75) is 25.8 Å². The standard InChI is InChI=1S/C24H24N8O/c33-24(18-8-11-30(12-9-18)22-7-6-21-28-26-16-32(21)29-22)31-13-10-20-19(15-31)14-25-23(27-20)17-4-2-1-3-5-17/h1-7,14,16,18H,8-13,15H2. The van der Waals surface area contributed by atoms with Gasteiger partial charge in [-0.3, -0.25) is 4.79 Å². The minimum absolute atomic E-state index is 0.0472. The number of carbonyl (C=O) groups excluding carboxylic acids is 1. The number of amides is 1. The molecular weight excluding hydrogens is 416 g/mol. The molecule has 1 saturated heterocycles. The highest BCUT2D eigenvalue weighted by atomic mass is 16.2. The second-order valence-electron chi connectivity index (χ2n) is 8.63. The summed E-state index contributed by atoms with van der Waals surface area (Å²) in [4.78, 5) is 26.8. The molecule has 1 fully saturated rings. The van der Waals surface area contributed by atoms with Crippen LogP contribution in [0.5, 0.6) is 0 Å². The molecule has 166 valence electrons. The molecule has 6 rings (SSSR count). The molecule has 0 unspecified atom stereocenters. The fourth-order valence-corrected chi connectivity index (χ4v) is 4.73. The summed E-state index contributed by atoms with van der Waals surface area (Å²) in [5.74, 6) is 1.94. The Morgan fingerprint density at radius 1 is 1.00 bits per heavy atom. The van der Waals surface area contributed by atoms with Crippen LogP contribution in [0.3, 0.4) is 0 Å².